The van der Waals surface area contributed by atoms with E-state index in [1.54, 1.807) is 18.2 Å². The third-order valence-corrected chi connectivity index (χ3v) is 6.65. The molecule has 0 saturated heterocycles. The largest absolute Gasteiger partial charge is 0.395 e. The van der Waals surface area contributed by atoms with Crippen molar-refractivity contribution in [1.82, 2.24) is 0 Å². The first kappa shape index (κ1) is 15.7. The number of aliphatic hydroxyl groups excluding tert-OH is 1. The third kappa shape index (κ3) is 2.33. The summed E-state index contributed by atoms with van der Waals surface area (Å²) in [7, 11) is -3.78. The topological polar surface area (TPSA) is 78.2 Å². The van der Waals surface area contributed by atoms with Crippen LogP contribution < -0.4 is 0 Å². The molecule has 2 aromatic carbocycles. The Balaban J connectivity index is 2.07. The predicted octanol–water partition coefficient (Wildman–Crippen LogP) is 2.27. The number of hydrogen-bond donors (Lipinski definition) is 1. The van der Waals surface area contributed by atoms with Crippen molar-refractivity contribution in [3.05, 3.63) is 66.0 Å². The maximum absolute atomic E-state index is 13.1. The van der Waals surface area contributed by atoms with Crippen LogP contribution in [0.2, 0.25) is 0 Å². The van der Waals surface area contributed by atoms with Gasteiger partial charge in [0, 0.05) is 5.92 Å². The molecule has 118 valence electrons. The fourth-order valence-electron chi connectivity index (χ4n) is 3.12. The second-order valence-electron chi connectivity index (χ2n) is 5.62. The average Bonchev–Trinajstić information content (AvgIpc) is 3.27. The highest BCUT2D eigenvalue weighted by atomic mass is 32.2. The first-order chi connectivity index (χ1) is 11.0. The van der Waals surface area contributed by atoms with Gasteiger partial charge in [-0.05, 0) is 29.8 Å². The molecule has 6 heteroatoms. The molecule has 0 aromatic heterocycles. The number of aliphatic hydroxyl groups is 1. The molecule has 0 radical (unpaired) electrons. The van der Waals surface area contributed by atoms with E-state index in [-0.39, 0.29) is 4.90 Å². The quantitative estimate of drug-likeness (QED) is 0.932. The van der Waals surface area contributed by atoms with Gasteiger partial charge in [0.15, 0.2) is 9.84 Å². The van der Waals surface area contributed by atoms with Crippen molar-refractivity contribution in [3.63, 3.8) is 0 Å². The number of nitriles is 1. The van der Waals surface area contributed by atoms with Crippen molar-refractivity contribution in [2.24, 2.45) is 5.41 Å². The highest BCUT2D eigenvalue weighted by Crippen LogP contribution is 2.63. The number of benzene rings is 2. The predicted molar refractivity (Wildman–Crippen MR) is 81.7 cm³/mol. The molecule has 1 fully saturated rings. The maximum Gasteiger partial charge on any atom is 0.183 e. The summed E-state index contributed by atoms with van der Waals surface area (Å²) >= 11 is 0. The van der Waals surface area contributed by atoms with Gasteiger partial charge in [-0.15, -0.1) is 0 Å². The van der Waals surface area contributed by atoms with Gasteiger partial charge in [-0.25, -0.2) is 12.8 Å². The van der Waals surface area contributed by atoms with Crippen LogP contribution in [0.15, 0.2) is 59.5 Å². The molecule has 3 unspecified atom stereocenters. The molecule has 0 aliphatic heterocycles. The number of rotatable bonds is 4. The van der Waals surface area contributed by atoms with Gasteiger partial charge in [-0.3, -0.25) is 0 Å². The van der Waals surface area contributed by atoms with Gasteiger partial charge >= 0.3 is 0 Å². The first-order valence-electron chi connectivity index (χ1n) is 7.04. The van der Waals surface area contributed by atoms with Crippen LogP contribution in [-0.2, 0) is 9.84 Å². The van der Waals surface area contributed by atoms with E-state index in [1.807, 2.05) is 6.07 Å². The zero-order valence-corrected chi connectivity index (χ0v) is 12.9. The Hall–Kier alpha value is -2.23. The van der Waals surface area contributed by atoms with E-state index >= 15 is 0 Å². The molecule has 1 aliphatic carbocycles. The molecule has 3 rings (SSSR count). The summed E-state index contributed by atoms with van der Waals surface area (Å²) in [5.74, 6) is -1.12. The van der Waals surface area contributed by atoms with E-state index in [1.165, 1.54) is 36.4 Å². The van der Waals surface area contributed by atoms with Crippen LogP contribution in [-0.4, -0.2) is 25.4 Å². The van der Waals surface area contributed by atoms with E-state index in [4.69, 9.17) is 0 Å². The fourth-order valence-corrected chi connectivity index (χ4v) is 5.45. The summed E-state index contributed by atoms with van der Waals surface area (Å²) < 4.78 is 38.8. The Kier molecular flexibility index (Phi) is 3.71. The van der Waals surface area contributed by atoms with Gasteiger partial charge in [0.2, 0.25) is 0 Å². The molecular formula is C17H14FNO3S. The SMILES string of the molecule is N#CC1(CO)C(c2ccc(F)cc2)C1S(=O)(=O)c1ccccc1. The van der Waals surface area contributed by atoms with Gasteiger partial charge < -0.3 is 5.11 Å². The number of sulfone groups is 1. The molecular weight excluding hydrogens is 317 g/mol. The summed E-state index contributed by atoms with van der Waals surface area (Å²) in [6.45, 7) is -0.567. The van der Waals surface area contributed by atoms with Crippen LogP contribution in [0, 0.1) is 22.6 Å². The van der Waals surface area contributed by atoms with Crippen molar-refractivity contribution in [3.8, 4) is 6.07 Å². The van der Waals surface area contributed by atoms with E-state index < -0.39 is 38.8 Å². The van der Waals surface area contributed by atoms with Crippen LogP contribution in [0.3, 0.4) is 0 Å². The smallest absolute Gasteiger partial charge is 0.183 e. The van der Waals surface area contributed by atoms with Crippen LogP contribution in [0.4, 0.5) is 4.39 Å². The summed E-state index contributed by atoms with van der Waals surface area (Å²) in [4.78, 5) is 0.114. The highest BCUT2D eigenvalue weighted by Gasteiger charge is 2.72. The fraction of sp³-hybridized carbons (Fsp3) is 0.235. The lowest BCUT2D eigenvalue weighted by Gasteiger charge is -2.05. The van der Waals surface area contributed by atoms with Gasteiger partial charge in [0.1, 0.15) is 11.2 Å². The zero-order chi connectivity index (χ0) is 16.7. The molecule has 1 aliphatic rings. The molecule has 2 aromatic rings. The summed E-state index contributed by atoms with van der Waals surface area (Å²) in [5.41, 5.74) is -0.863. The number of nitrogens with zero attached hydrogens (tertiary/aromatic N) is 1. The highest BCUT2D eigenvalue weighted by molar-refractivity contribution is 7.92. The minimum absolute atomic E-state index is 0.114. The maximum atomic E-state index is 13.1. The van der Waals surface area contributed by atoms with Gasteiger partial charge in [-0.1, -0.05) is 30.3 Å². The average molecular weight is 331 g/mol. The second-order valence-corrected chi connectivity index (χ2v) is 7.69. The molecule has 0 bridgehead atoms. The minimum Gasteiger partial charge on any atom is -0.395 e. The second kappa shape index (κ2) is 5.44. The van der Waals surface area contributed by atoms with Crippen molar-refractivity contribution in [1.29, 1.82) is 5.26 Å². The molecule has 0 amide bonds. The Labute approximate surface area is 133 Å². The molecule has 3 atom stereocenters. The van der Waals surface area contributed by atoms with E-state index in [9.17, 15) is 23.2 Å². The van der Waals surface area contributed by atoms with Gasteiger partial charge in [0.05, 0.1) is 22.8 Å². The van der Waals surface area contributed by atoms with E-state index in [0.717, 1.165) is 0 Å². The monoisotopic (exact) mass is 331 g/mol. The lowest BCUT2D eigenvalue weighted by molar-refractivity contribution is 0.242. The summed E-state index contributed by atoms with van der Waals surface area (Å²) in [5, 5.41) is 18.1. The standard InChI is InChI=1S/C17H14FNO3S/c18-13-8-6-12(7-9-13)15-16(17(15,10-19)11-20)23(21,22)14-4-2-1-3-5-14/h1-9,15-16,20H,11H2. The Morgan fingerprint density at radius 2 is 1.74 bits per heavy atom. The van der Waals surface area contributed by atoms with Crippen molar-refractivity contribution >= 4 is 9.84 Å². The molecule has 4 nitrogen and oxygen atoms in total. The normalized spacial score (nSPS) is 26.5. The Bertz CT molecular complexity index is 859. The van der Waals surface area contributed by atoms with Crippen molar-refractivity contribution < 1.29 is 17.9 Å². The number of hydrogen-bond acceptors (Lipinski definition) is 4. The van der Waals surface area contributed by atoms with E-state index in [2.05, 4.69) is 0 Å². The van der Waals surface area contributed by atoms with E-state index in [0.29, 0.717) is 5.56 Å². The summed E-state index contributed by atoms with van der Waals surface area (Å²) in [6, 6.07) is 15.2. The first-order valence-corrected chi connectivity index (χ1v) is 8.58. The Morgan fingerprint density at radius 3 is 2.26 bits per heavy atom. The van der Waals surface area contributed by atoms with Crippen LogP contribution in [0.5, 0.6) is 0 Å². The molecule has 23 heavy (non-hydrogen) atoms. The lowest BCUT2D eigenvalue weighted by atomic mass is 10.0. The van der Waals surface area contributed by atoms with Crippen LogP contribution in [0.25, 0.3) is 0 Å². The van der Waals surface area contributed by atoms with Crippen molar-refractivity contribution in [2.45, 2.75) is 16.1 Å². The summed E-state index contributed by atoms with van der Waals surface area (Å²) in [6.07, 6.45) is 0. The minimum atomic E-state index is -3.78. The van der Waals surface area contributed by atoms with Gasteiger partial charge in [0.25, 0.3) is 0 Å². The van der Waals surface area contributed by atoms with Crippen LogP contribution >= 0.6 is 0 Å². The lowest BCUT2D eigenvalue weighted by Crippen LogP contribution is -2.18. The molecule has 1 N–H and O–H groups in total. The molecule has 1 saturated carbocycles. The zero-order valence-electron chi connectivity index (χ0n) is 12.1. The molecule has 0 spiro atoms. The Morgan fingerprint density at radius 1 is 1.13 bits per heavy atom. The molecule has 0 heterocycles. The van der Waals surface area contributed by atoms with Gasteiger partial charge in [-0.2, -0.15) is 5.26 Å². The number of halogens is 1. The van der Waals surface area contributed by atoms with Crippen molar-refractivity contribution in [2.75, 3.05) is 6.61 Å². The third-order valence-electron chi connectivity index (χ3n) is 4.36. The van der Waals surface area contributed by atoms with Crippen LogP contribution in [0.1, 0.15) is 11.5 Å².